The smallest absolute Gasteiger partial charge is 0.0491 e. The van der Waals surface area contributed by atoms with Crippen LogP contribution in [0.2, 0.25) is 0 Å². The lowest BCUT2D eigenvalue weighted by molar-refractivity contribution is 0.827. The molecule has 21 rings (SSSR count). The third-order valence-electron chi connectivity index (χ3n) is 21.0. The number of fused-ring (bicyclic) bond motifs is 21. The summed E-state index contributed by atoms with van der Waals surface area (Å²) in [5, 5.41) is 19.0. The average molecular weight is 2030 g/mol. The maximum Gasteiger partial charge on any atom is 0.0491 e. The second kappa shape index (κ2) is 96.7. The van der Waals surface area contributed by atoms with Crippen molar-refractivity contribution in [1.82, 2.24) is 32.0 Å². The quantitative estimate of drug-likeness (QED) is 0.143. The highest BCUT2D eigenvalue weighted by atomic mass is 19.0. The third-order valence-corrected chi connectivity index (χ3v) is 21.0. The first kappa shape index (κ1) is 154. The topological polar surface area (TPSA) is 34.5 Å². The summed E-state index contributed by atoms with van der Waals surface area (Å²) in [6.07, 6.45) is 0. The van der Waals surface area contributed by atoms with Gasteiger partial charge in [-0.2, -0.15) is 0 Å². The minimum atomic E-state index is 0. The number of aromatic nitrogens is 7. The molecule has 0 unspecified atom stereocenters. The maximum atomic E-state index is 2.37. The van der Waals surface area contributed by atoms with E-state index < -0.39 is 0 Å². The monoisotopic (exact) mass is 2030 g/mol. The molecule has 7 nitrogen and oxygen atoms in total. The van der Waals surface area contributed by atoms with Crippen molar-refractivity contribution >= 4 is 153 Å². The molecule has 0 radical (unpaired) electrons. The van der Waals surface area contributed by atoms with Crippen LogP contribution in [0.1, 0.15) is 298 Å². The number of aryl methyl sites for hydroxylation is 7. The zero-order valence-electron chi connectivity index (χ0n) is 99.9. The molecule has 7 aromatic heterocycles. The number of hydrogen-bond acceptors (Lipinski definition) is 0. The van der Waals surface area contributed by atoms with Crippen molar-refractivity contribution < 1.29 is 28.2 Å². The van der Waals surface area contributed by atoms with Crippen LogP contribution in [0.25, 0.3) is 153 Å². The van der Waals surface area contributed by atoms with Crippen LogP contribution in [0.15, 0.2) is 340 Å². The molecule has 0 atom stereocenters. The molecule has 0 saturated heterocycles. The van der Waals surface area contributed by atoms with Crippen molar-refractivity contribution in [1.29, 1.82) is 0 Å². The van der Waals surface area contributed by atoms with E-state index in [4.69, 9.17) is 0 Å². The standard InChI is InChI=1S/7C14H13N.18C2H6.6FH/c7*1-2-15-13-9-5-3-7-11(13)12-8-4-6-10-14(12)15;18*1-2;;;;;;/h7*3-10H,2H2,1H3;18*1-2H3;6*1H. The summed E-state index contributed by atoms with van der Waals surface area (Å²) in [5.74, 6) is 0. The van der Waals surface area contributed by atoms with E-state index in [2.05, 4.69) is 420 Å². The van der Waals surface area contributed by atoms with Crippen LogP contribution < -0.4 is 0 Å². The molecule has 21 aromatic rings. The van der Waals surface area contributed by atoms with Gasteiger partial charge in [-0.05, 0) is 133 Å². The Morgan fingerprint density at radius 3 is 0.190 bits per heavy atom. The van der Waals surface area contributed by atoms with Gasteiger partial charge in [-0.25, -0.2) is 0 Å². The minimum Gasteiger partial charge on any atom is -0.341 e. The summed E-state index contributed by atoms with van der Waals surface area (Å²) in [7, 11) is 0. The minimum absolute atomic E-state index is 0. The number of benzene rings is 14. The molecule has 818 valence electrons. The van der Waals surface area contributed by atoms with Crippen LogP contribution in [0.5, 0.6) is 0 Å². The fraction of sp³-hybridized carbons (Fsp3) is 0.373. The molecule has 13 heteroatoms. The van der Waals surface area contributed by atoms with Gasteiger partial charge in [0.15, 0.2) is 0 Å². The van der Waals surface area contributed by atoms with Gasteiger partial charge < -0.3 is 32.0 Å². The van der Waals surface area contributed by atoms with E-state index >= 15 is 0 Å². The second-order valence-electron chi connectivity index (χ2n) is 26.4. The normalized spacial score (nSPS) is 8.78. The largest absolute Gasteiger partial charge is 0.341 e. The first-order valence-corrected chi connectivity index (χ1v) is 55.6. The summed E-state index contributed by atoms with van der Waals surface area (Å²) in [6, 6.07) is 120. The molecular formula is C134H205F6N7. The first-order chi connectivity index (χ1) is 69.9. The van der Waals surface area contributed by atoms with Crippen molar-refractivity contribution in [3.63, 3.8) is 0 Å². The van der Waals surface area contributed by atoms with Crippen LogP contribution in [-0.2, 0) is 45.8 Å². The van der Waals surface area contributed by atoms with E-state index in [-0.39, 0.29) is 28.2 Å². The summed E-state index contributed by atoms with van der Waals surface area (Å²) >= 11 is 0. The van der Waals surface area contributed by atoms with Crippen molar-refractivity contribution in [2.75, 3.05) is 0 Å². The SMILES string of the molecule is CC.CC.CC.CC.CC.CC.CC.CC.CC.CC.CC.CC.CC.CC.CC.CC.CC.CC.CCn1c2ccccc2c2ccccc21.CCn1c2ccccc2c2ccccc21.CCn1c2ccccc2c2ccccc21.CCn1c2ccccc2c2ccccc21.CCn1c2ccccc2c2ccccc21.CCn1c2ccccc2c2ccccc21.CCn1c2ccccc2c2ccccc21.F.F.F.F.F.F. The Labute approximate surface area is 890 Å². The molecule has 0 bridgehead atoms. The van der Waals surface area contributed by atoms with Gasteiger partial charge in [0, 0.05) is 198 Å². The van der Waals surface area contributed by atoms with E-state index in [1.165, 1.54) is 153 Å². The Morgan fingerprint density at radius 1 is 0.0952 bits per heavy atom. The highest BCUT2D eigenvalue weighted by molar-refractivity contribution is 6.13. The fourth-order valence-corrected chi connectivity index (χ4v) is 16.4. The molecule has 0 saturated carbocycles. The van der Waals surface area contributed by atoms with Gasteiger partial charge in [0.1, 0.15) is 0 Å². The van der Waals surface area contributed by atoms with E-state index in [1.807, 2.05) is 249 Å². The Bertz CT molecular complexity index is 5120. The van der Waals surface area contributed by atoms with Crippen molar-refractivity contribution in [2.24, 2.45) is 0 Å². The van der Waals surface area contributed by atoms with Crippen molar-refractivity contribution in [3.05, 3.63) is 340 Å². The Morgan fingerprint density at radius 2 is 0.143 bits per heavy atom. The second-order valence-corrected chi connectivity index (χ2v) is 26.4. The van der Waals surface area contributed by atoms with E-state index in [1.54, 1.807) is 0 Å². The molecule has 0 N–H and O–H groups in total. The van der Waals surface area contributed by atoms with E-state index in [9.17, 15) is 0 Å². The molecule has 0 amide bonds. The summed E-state index contributed by atoms with van der Waals surface area (Å²) < 4.78 is 16.6. The molecule has 0 aliphatic rings. The Hall–Kier alpha value is -12.7. The van der Waals surface area contributed by atoms with Gasteiger partial charge in [0.25, 0.3) is 0 Å². The lowest BCUT2D eigenvalue weighted by atomic mass is 10.2. The number of rotatable bonds is 7. The zero-order valence-corrected chi connectivity index (χ0v) is 99.9. The van der Waals surface area contributed by atoms with Gasteiger partial charge in [0.2, 0.25) is 0 Å². The lowest BCUT2D eigenvalue weighted by Gasteiger charge is -2.01. The number of nitrogens with zero attached hydrogens (tertiary/aromatic N) is 7. The number of hydrogen-bond donors (Lipinski definition) is 0. The Kier molecular flexibility index (Phi) is 102. The lowest BCUT2D eigenvalue weighted by Crippen LogP contribution is -1.91. The van der Waals surface area contributed by atoms with Gasteiger partial charge in [0.05, 0.1) is 0 Å². The highest BCUT2D eigenvalue weighted by Crippen LogP contribution is 2.35. The molecule has 0 aliphatic carbocycles. The predicted octanol–water partition coefficient (Wildman–Crippen LogP) is 46.1. The Balaban J connectivity index is -0.000000176. The average Bonchev–Trinajstić information content (AvgIpc) is 1.67. The van der Waals surface area contributed by atoms with Crippen LogP contribution in [0.4, 0.5) is 28.2 Å². The van der Waals surface area contributed by atoms with Crippen molar-refractivity contribution in [3.8, 4) is 0 Å². The molecule has 7 heterocycles. The van der Waals surface area contributed by atoms with Gasteiger partial charge in [-0.15, -0.1) is 0 Å². The van der Waals surface area contributed by atoms with Crippen LogP contribution in [0.3, 0.4) is 0 Å². The van der Waals surface area contributed by atoms with E-state index in [0.717, 1.165) is 45.8 Å². The summed E-state index contributed by atoms with van der Waals surface area (Å²) in [5.41, 5.74) is 18.7. The maximum absolute atomic E-state index is 2.37. The van der Waals surface area contributed by atoms with E-state index in [0.29, 0.717) is 0 Å². The fourth-order valence-electron chi connectivity index (χ4n) is 16.4. The predicted molar refractivity (Wildman–Crippen MR) is 675 cm³/mol. The molecule has 0 fully saturated rings. The summed E-state index contributed by atoms with van der Waals surface area (Å²) in [6.45, 7) is 94.5. The number of para-hydroxylation sites is 14. The third kappa shape index (κ3) is 40.1. The molecular weight excluding hydrogens is 1820 g/mol. The number of halogens is 6. The van der Waals surface area contributed by atoms with Gasteiger partial charge in [-0.1, -0.05) is 504 Å². The van der Waals surface area contributed by atoms with Crippen LogP contribution in [0, 0.1) is 0 Å². The molecule has 0 aliphatic heterocycles. The molecule has 14 aromatic carbocycles. The van der Waals surface area contributed by atoms with Gasteiger partial charge >= 0.3 is 0 Å². The van der Waals surface area contributed by atoms with Crippen LogP contribution in [-0.4, -0.2) is 32.0 Å². The summed E-state index contributed by atoms with van der Waals surface area (Å²) in [4.78, 5) is 0. The first-order valence-electron chi connectivity index (χ1n) is 55.6. The van der Waals surface area contributed by atoms with Crippen molar-refractivity contribution in [2.45, 2.75) is 344 Å². The van der Waals surface area contributed by atoms with Crippen LogP contribution >= 0.6 is 0 Å². The highest BCUT2D eigenvalue weighted by Gasteiger charge is 2.14. The molecule has 147 heavy (non-hydrogen) atoms. The molecule has 0 spiro atoms. The zero-order chi connectivity index (χ0) is 108. The van der Waals surface area contributed by atoms with Gasteiger partial charge in [-0.3, -0.25) is 28.2 Å².